The number of carbonyl (C=O) groups is 2. The summed E-state index contributed by atoms with van der Waals surface area (Å²) in [7, 11) is 0. The van der Waals surface area contributed by atoms with E-state index in [1.54, 1.807) is 18.2 Å². The Hall–Kier alpha value is -2.14. The van der Waals surface area contributed by atoms with Gasteiger partial charge in [-0.1, -0.05) is 12.1 Å². The van der Waals surface area contributed by atoms with Gasteiger partial charge in [0, 0.05) is 10.2 Å². The van der Waals surface area contributed by atoms with Crippen LogP contribution in [0.25, 0.3) is 0 Å². The number of anilines is 2. The lowest BCUT2D eigenvalue weighted by molar-refractivity contribution is 0.0926. The van der Waals surface area contributed by atoms with Crippen molar-refractivity contribution in [2.75, 3.05) is 10.6 Å². The van der Waals surface area contributed by atoms with Gasteiger partial charge in [-0.25, -0.2) is 4.90 Å². The second kappa shape index (κ2) is 4.70. The minimum atomic E-state index is -0.284. The number of imide groups is 1. The number of amides is 2. The second-order valence-corrected chi connectivity index (χ2v) is 5.96. The van der Waals surface area contributed by atoms with E-state index in [1.807, 2.05) is 26.0 Å². The molecule has 2 amide bonds. The fourth-order valence-electron chi connectivity index (χ4n) is 2.57. The zero-order valence-corrected chi connectivity index (χ0v) is 13.2. The van der Waals surface area contributed by atoms with Crippen LogP contribution in [0.4, 0.5) is 11.4 Å². The number of fused-ring (bicyclic) bond motifs is 1. The third kappa shape index (κ3) is 1.96. The molecule has 0 fully saturated rings. The van der Waals surface area contributed by atoms with Crippen molar-refractivity contribution in [2.45, 2.75) is 13.8 Å². The van der Waals surface area contributed by atoms with E-state index in [0.29, 0.717) is 27.0 Å². The molecule has 0 unspecified atom stereocenters. The summed E-state index contributed by atoms with van der Waals surface area (Å²) in [5.74, 6) is -0.569. The first-order valence-corrected chi connectivity index (χ1v) is 7.25. The highest BCUT2D eigenvalue weighted by Gasteiger charge is 2.39. The zero-order chi connectivity index (χ0) is 15.3. The van der Waals surface area contributed by atoms with Gasteiger partial charge in [-0.05, 0) is 59.1 Å². The van der Waals surface area contributed by atoms with E-state index in [1.165, 1.54) is 4.90 Å². The highest BCUT2D eigenvalue weighted by atomic mass is 79.9. The van der Waals surface area contributed by atoms with E-state index in [9.17, 15) is 9.59 Å². The Bertz CT molecular complexity index is 758. The molecule has 0 aromatic heterocycles. The molecular formula is C16H13BrN2O2. The van der Waals surface area contributed by atoms with E-state index in [0.717, 1.165) is 11.1 Å². The van der Waals surface area contributed by atoms with E-state index in [-0.39, 0.29) is 11.8 Å². The number of carbonyl (C=O) groups excluding carboxylic acids is 2. The van der Waals surface area contributed by atoms with Gasteiger partial charge in [0.15, 0.2) is 0 Å². The lowest BCUT2D eigenvalue weighted by atomic mass is 9.99. The standard InChI is InChI=1S/C16H13BrN2O2/c1-8-3-4-9(2)14-13(8)15(20)19(16(14)21)10-5-6-12(18)11(17)7-10/h3-7H,18H2,1-2H3. The van der Waals surface area contributed by atoms with Crippen molar-refractivity contribution in [3.05, 3.63) is 57.1 Å². The van der Waals surface area contributed by atoms with Crippen molar-refractivity contribution in [3.63, 3.8) is 0 Å². The smallest absolute Gasteiger partial charge is 0.266 e. The van der Waals surface area contributed by atoms with Crippen LogP contribution in [0.3, 0.4) is 0 Å². The molecule has 0 saturated heterocycles. The summed E-state index contributed by atoms with van der Waals surface area (Å²) in [5.41, 5.74) is 9.44. The van der Waals surface area contributed by atoms with Crippen molar-refractivity contribution in [1.82, 2.24) is 0 Å². The molecule has 4 nitrogen and oxygen atoms in total. The number of halogens is 1. The zero-order valence-electron chi connectivity index (χ0n) is 11.6. The lowest BCUT2D eigenvalue weighted by Gasteiger charge is -2.15. The summed E-state index contributed by atoms with van der Waals surface area (Å²) >= 11 is 3.32. The van der Waals surface area contributed by atoms with Gasteiger partial charge in [0.1, 0.15) is 0 Å². The first-order chi connectivity index (χ1) is 9.91. The molecule has 0 saturated carbocycles. The Kier molecular flexibility index (Phi) is 3.10. The van der Waals surface area contributed by atoms with Crippen LogP contribution >= 0.6 is 15.9 Å². The maximum absolute atomic E-state index is 12.6. The van der Waals surface area contributed by atoms with Crippen LogP contribution in [0.5, 0.6) is 0 Å². The topological polar surface area (TPSA) is 63.4 Å². The molecule has 21 heavy (non-hydrogen) atoms. The van der Waals surface area contributed by atoms with Crippen molar-refractivity contribution < 1.29 is 9.59 Å². The van der Waals surface area contributed by atoms with Gasteiger partial charge in [-0.15, -0.1) is 0 Å². The van der Waals surface area contributed by atoms with Crippen molar-refractivity contribution >= 4 is 39.1 Å². The Morgan fingerprint density at radius 2 is 1.48 bits per heavy atom. The minimum Gasteiger partial charge on any atom is -0.398 e. The van der Waals surface area contributed by atoms with E-state index in [4.69, 9.17) is 5.73 Å². The van der Waals surface area contributed by atoms with Gasteiger partial charge in [-0.3, -0.25) is 9.59 Å². The SMILES string of the molecule is Cc1ccc(C)c2c1C(=O)N(c1ccc(N)c(Br)c1)C2=O. The number of nitrogen functional groups attached to an aromatic ring is 1. The lowest BCUT2D eigenvalue weighted by Crippen LogP contribution is -2.29. The summed E-state index contributed by atoms with van der Waals surface area (Å²) in [6.45, 7) is 3.68. The molecule has 1 heterocycles. The molecule has 0 radical (unpaired) electrons. The first-order valence-electron chi connectivity index (χ1n) is 6.46. The van der Waals surface area contributed by atoms with E-state index in [2.05, 4.69) is 15.9 Å². The van der Waals surface area contributed by atoms with Crippen LogP contribution in [0, 0.1) is 13.8 Å². The third-order valence-corrected chi connectivity index (χ3v) is 4.38. The maximum atomic E-state index is 12.6. The first kappa shape index (κ1) is 13.8. The number of nitrogens with zero attached hydrogens (tertiary/aromatic N) is 1. The normalized spacial score (nSPS) is 13.8. The fourth-order valence-corrected chi connectivity index (χ4v) is 2.93. The predicted molar refractivity (Wildman–Crippen MR) is 85.6 cm³/mol. The molecule has 1 aliphatic rings. The largest absolute Gasteiger partial charge is 0.398 e. The van der Waals surface area contributed by atoms with Gasteiger partial charge in [-0.2, -0.15) is 0 Å². The molecular weight excluding hydrogens is 332 g/mol. The fraction of sp³-hybridized carbons (Fsp3) is 0.125. The predicted octanol–water partition coefficient (Wildman–Crippen LogP) is 3.45. The van der Waals surface area contributed by atoms with Crippen molar-refractivity contribution in [3.8, 4) is 0 Å². The van der Waals surface area contributed by atoms with Crippen LogP contribution in [0.15, 0.2) is 34.8 Å². The molecule has 106 valence electrons. The van der Waals surface area contributed by atoms with Gasteiger partial charge in [0.05, 0.1) is 16.8 Å². The molecule has 2 aromatic rings. The Morgan fingerprint density at radius 1 is 0.952 bits per heavy atom. The van der Waals surface area contributed by atoms with Crippen LogP contribution in [-0.4, -0.2) is 11.8 Å². The van der Waals surface area contributed by atoms with Crippen LogP contribution in [-0.2, 0) is 0 Å². The number of aryl methyl sites for hydroxylation is 2. The third-order valence-electron chi connectivity index (χ3n) is 3.70. The summed E-state index contributed by atoms with van der Waals surface area (Å²) in [6, 6.07) is 8.75. The van der Waals surface area contributed by atoms with E-state index >= 15 is 0 Å². The number of nitrogens with two attached hydrogens (primary N) is 1. The Balaban J connectivity index is 2.18. The average Bonchev–Trinajstić information content (AvgIpc) is 2.70. The molecule has 0 aliphatic carbocycles. The maximum Gasteiger partial charge on any atom is 0.266 e. The summed E-state index contributed by atoms with van der Waals surface area (Å²) in [4.78, 5) is 26.5. The number of rotatable bonds is 1. The average molecular weight is 345 g/mol. The highest BCUT2D eigenvalue weighted by molar-refractivity contribution is 9.10. The molecule has 0 bridgehead atoms. The molecule has 2 N–H and O–H groups in total. The molecule has 5 heteroatoms. The van der Waals surface area contributed by atoms with Crippen LogP contribution in [0.1, 0.15) is 31.8 Å². The van der Waals surface area contributed by atoms with E-state index < -0.39 is 0 Å². The van der Waals surface area contributed by atoms with Crippen LogP contribution < -0.4 is 10.6 Å². The van der Waals surface area contributed by atoms with Gasteiger partial charge < -0.3 is 5.73 Å². The van der Waals surface area contributed by atoms with Crippen molar-refractivity contribution in [2.24, 2.45) is 0 Å². The highest BCUT2D eigenvalue weighted by Crippen LogP contribution is 2.34. The summed E-state index contributed by atoms with van der Waals surface area (Å²) < 4.78 is 0.657. The Labute approximate surface area is 130 Å². The van der Waals surface area contributed by atoms with Gasteiger partial charge in [0.25, 0.3) is 11.8 Å². The Morgan fingerprint density at radius 3 is 1.95 bits per heavy atom. The van der Waals surface area contributed by atoms with Crippen molar-refractivity contribution in [1.29, 1.82) is 0 Å². The molecule has 1 aliphatic heterocycles. The molecule has 0 atom stereocenters. The number of hydrogen-bond donors (Lipinski definition) is 1. The van der Waals surface area contributed by atoms with Gasteiger partial charge >= 0.3 is 0 Å². The van der Waals surface area contributed by atoms with Gasteiger partial charge in [0.2, 0.25) is 0 Å². The summed E-state index contributed by atoms with van der Waals surface area (Å²) in [5, 5.41) is 0. The molecule has 0 spiro atoms. The monoisotopic (exact) mass is 344 g/mol. The number of hydrogen-bond acceptors (Lipinski definition) is 3. The quantitative estimate of drug-likeness (QED) is 0.636. The van der Waals surface area contributed by atoms with Crippen LogP contribution in [0.2, 0.25) is 0 Å². The minimum absolute atomic E-state index is 0.284. The molecule has 2 aromatic carbocycles. The summed E-state index contributed by atoms with van der Waals surface area (Å²) in [6.07, 6.45) is 0. The molecule has 3 rings (SSSR count). The second-order valence-electron chi connectivity index (χ2n) is 5.10. The number of benzene rings is 2.